The number of carboxylic acids is 1. The van der Waals surface area contributed by atoms with Crippen molar-refractivity contribution >= 4 is 25.6 Å². The van der Waals surface area contributed by atoms with Crippen LogP contribution in [0.2, 0.25) is 0 Å². The van der Waals surface area contributed by atoms with E-state index < -0.39 is 43.5 Å². The van der Waals surface area contributed by atoms with Crippen LogP contribution in [0.4, 0.5) is 4.79 Å². The van der Waals surface area contributed by atoms with Crippen LogP contribution in [-0.4, -0.2) is 59.6 Å². The molecule has 0 spiro atoms. The highest BCUT2D eigenvalue weighted by Gasteiger charge is 2.43. The molecule has 0 aliphatic carbocycles. The van der Waals surface area contributed by atoms with Gasteiger partial charge in [0.15, 0.2) is 0 Å². The molecule has 0 saturated carbocycles. The second kappa shape index (κ2) is 12.7. The molecule has 2 amide bonds. The summed E-state index contributed by atoms with van der Waals surface area (Å²) in [5.41, 5.74) is 1.52. The fraction of sp³-hybridized carbons (Fsp3) is 0.400. The molecule has 1 saturated heterocycles. The predicted molar refractivity (Wildman–Crippen MR) is 131 cm³/mol. The average molecular weight is 519 g/mol. The quantitative estimate of drug-likeness (QED) is 0.430. The molecular formula is C25H31N2O8P. The summed E-state index contributed by atoms with van der Waals surface area (Å²) in [5.74, 6) is -2.88. The lowest BCUT2D eigenvalue weighted by Crippen LogP contribution is -2.46. The van der Waals surface area contributed by atoms with Crippen LogP contribution in [0.1, 0.15) is 30.9 Å². The van der Waals surface area contributed by atoms with Gasteiger partial charge < -0.3 is 24.6 Å². The number of hydrogen-bond donors (Lipinski definition) is 2. The Morgan fingerprint density at radius 1 is 1.08 bits per heavy atom. The zero-order valence-electron chi connectivity index (χ0n) is 20.2. The molecule has 2 aromatic carbocycles. The fourth-order valence-corrected chi connectivity index (χ4v) is 5.73. The van der Waals surface area contributed by atoms with E-state index in [9.17, 15) is 24.1 Å². The molecule has 10 nitrogen and oxygen atoms in total. The first-order valence-corrected chi connectivity index (χ1v) is 13.2. The van der Waals surface area contributed by atoms with E-state index in [1.165, 1.54) is 18.9 Å². The van der Waals surface area contributed by atoms with Gasteiger partial charge in [0.25, 0.3) is 5.91 Å². The van der Waals surface area contributed by atoms with Gasteiger partial charge in [-0.05, 0) is 30.9 Å². The normalized spacial score (nSPS) is 18.6. The molecule has 2 aromatic rings. The van der Waals surface area contributed by atoms with Gasteiger partial charge in [-0.2, -0.15) is 0 Å². The average Bonchev–Trinajstić information content (AvgIpc) is 3.38. The molecule has 0 bridgehead atoms. The van der Waals surface area contributed by atoms with E-state index in [4.69, 9.17) is 13.8 Å². The molecular weight excluding hydrogens is 487 g/mol. The summed E-state index contributed by atoms with van der Waals surface area (Å²) < 4.78 is 30.1. The molecule has 1 heterocycles. The summed E-state index contributed by atoms with van der Waals surface area (Å²) in [6.45, 7) is 1.65. The number of amides is 2. The first-order valence-electron chi connectivity index (χ1n) is 11.6. The molecule has 0 radical (unpaired) electrons. The maximum absolute atomic E-state index is 13.8. The highest BCUT2D eigenvalue weighted by molar-refractivity contribution is 7.54. The molecule has 36 heavy (non-hydrogen) atoms. The predicted octanol–water partition coefficient (Wildman–Crippen LogP) is 3.80. The van der Waals surface area contributed by atoms with Crippen molar-refractivity contribution in [3.8, 4) is 0 Å². The standard InChI is InChI=1S/C25H31N2O8P/c1-18(23(28)27-15-9-14-21(27)24(29)30)35-36(32,33-2)22(16-19-10-5-3-6-11-19)26-25(31)34-17-20-12-7-4-8-13-20/h3-8,10-13,18,21-22H,9,14-17H2,1-2H3,(H,26,31)(H,29,30)/t18-,21-,22?,36?/m0/s1. The third kappa shape index (κ3) is 7.16. The fourth-order valence-electron chi connectivity index (χ4n) is 4.01. The van der Waals surface area contributed by atoms with E-state index in [0.29, 0.717) is 12.8 Å². The van der Waals surface area contributed by atoms with Gasteiger partial charge in [-0.3, -0.25) is 13.9 Å². The van der Waals surface area contributed by atoms with Crippen LogP contribution >= 0.6 is 7.60 Å². The molecule has 194 valence electrons. The Hall–Kier alpha value is -3.20. The topological polar surface area (TPSA) is 131 Å². The number of nitrogens with one attached hydrogen (secondary N) is 1. The van der Waals surface area contributed by atoms with Crippen molar-refractivity contribution in [1.29, 1.82) is 0 Å². The molecule has 11 heteroatoms. The van der Waals surface area contributed by atoms with E-state index in [-0.39, 0.29) is 19.6 Å². The summed E-state index contributed by atoms with van der Waals surface area (Å²) in [7, 11) is -2.96. The molecule has 2 N–H and O–H groups in total. The van der Waals surface area contributed by atoms with Crippen molar-refractivity contribution in [2.75, 3.05) is 13.7 Å². The van der Waals surface area contributed by atoms with Gasteiger partial charge in [0.05, 0.1) is 0 Å². The van der Waals surface area contributed by atoms with Gasteiger partial charge in [0.2, 0.25) is 0 Å². The van der Waals surface area contributed by atoms with E-state index in [1.807, 2.05) is 24.3 Å². The number of likely N-dealkylation sites (tertiary alicyclic amines) is 1. The molecule has 1 aliphatic heterocycles. The first-order chi connectivity index (χ1) is 17.2. The number of hydrogen-bond acceptors (Lipinski definition) is 7. The first kappa shape index (κ1) is 27.4. The van der Waals surface area contributed by atoms with Gasteiger partial charge in [0, 0.05) is 20.1 Å². The van der Waals surface area contributed by atoms with Crippen LogP contribution < -0.4 is 5.32 Å². The van der Waals surface area contributed by atoms with E-state index in [0.717, 1.165) is 11.1 Å². The smallest absolute Gasteiger partial charge is 0.408 e. The number of alkyl carbamates (subject to hydrolysis) is 1. The van der Waals surface area contributed by atoms with E-state index >= 15 is 0 Å². The highest BCUT2D eigenvalue weighted by atomic mass is 31.2. The third-order valence-corrected chi connectivity index (χ3v) is 8.07. The Morgan fingerprint density at radius 2 is 1.69 bits per heavy atom. The van der Waals surface area contributed by atoms with Crippen LogP contribution in [0, 0.1) is 0 Å². The second-order valence-corrected chi connectivity index (χ2v) is 10.7. The lowest BCUT2D eigenvalue weighted by molar-refractivity contribution is -0.151. The molecule has 1 aliphatic rings. The Kier molecular flexibility index (Phi) is 9.64. The number of carbonyl (C=O) groups excluding carboxylic acids is 2. The number of rotatable bonds is 11. The van der Waals surface area contributed by atoms with Gasteiger partial charge >= 0.3 is 19.7 Å². The van der Waals surface area contributed by atoms with Crippen molar-refractivity contribution in [2.24, 2.45) is 0 Å². The lowest BCUT2D eigenvalue weighted by atomic mass is 10.1. The molecule has 1 fully saturated rings. The Balaban J connectivity index is 1.75. The zero-order valence-corrected chi connectivity index (χ0v) is 21.1. The third-order valence-electron chi connectivity index (χ3n) is 5.88. The lowest BCUT2D eigenvalue weighted by Gasteiger charge is -2.30. The SMILES string of the molecule is COP(=O)(O[C@@H](C)C(=O)N1CCC[C@H]1C(=O)O)C(Cc1ccccc1)NC(=O)OCc1ccccc1. The molecule has 4 atom stereocenters. The zero-order chi connectivity index (χ0) is 26.1. The maximum atomic E-state index is 13.8. The van der Waals surface area contributed by atoms with E-state index in [1.54, 1.807) is 36.4 Å². The minimum absolute atomic E-state index is 0.00327. The van der Waals surface area contributed by atoms with Crippen molar-refractivity contribution in [3.63, 3.8) is 0 Å². The largest absolute Gasteiger partial charge is 0.480 e. The number of carbonyl (C=O) groups is 3. The van der Waals surface area contributed by atoms with Crippen LogP contribution in [0.15, 0.2) is 60.7 Å². The summed E-state index contributed by atoms with van der Waals surface area (Å²) in [6, 6.07) is 17.1. The Bertz CT molecular complexity index is 1080. The minimum Gasteiger partial charge on any atom is -0.480 e. The van der Waals surface area contributed by atoms with Crippen molar-refractivity contribution in [1.82, 2.24) is 10.2 Å². The van der Waals surface area contributed by atoms with Gasteiger partial charge in [0.1, 0.15) is 24.5 Å². The van der Waals surface area contributed by atoms with Crippen molar-refractivity contribution in [3.05, 3.63) is 71.8 Å². The van der Waals surface area contributed by atoms with Gasteiger partial charge in [-0.15, -0.1) is 0 Å². The van der Waals surface area contributed by atoms with Gasteiger partial charge in [-0.25, -0.2) is 9.59 Å². The highest BCUT2D eigenvalue weighted by Crippen LogP contribution is 2.53. The maximum Gasteiger partial charge on any atom is 0.408 e. The van der Waals surface area contributed by atoms with Crippen LogP contribution in [0.25, 0.3) is 0 Å². The van der Waals surface area contributed by atoms with E-state index in [2.05, 4.69) is 5.32 Å². The minimum atomic E-state index is -4.13. The summed E-state index contributed by atoms with van der Waals surface area (Å²) in [6.07, 6.45) is -1.14. The van der Waals surface area contributed by atoms with Crippen molar-refractivity contribution in [2.45, 2.75) is 50.7 Å². The number of nitrogens with zero attached hydrogens (tertiary/aromatic N) is 1. The summed E-state index contributed by atoms with van der Waals surface area (Å²) in [4.78, 5) is 38.3. The Morgan fingerprint density at radius 3 is 2.28 bits per heavy atom. The van der Waals surface area contributed by atoms with Gasteiger partial charge in [-0.1, -0.05) is 60.7 Å². The van der Waals surface area contributed by atoms with Crippen LogP contribution in [0.3, 0.4) is 0 Å². The monoisotopic (exact) mass is 518 g/mol. The number of carboxylic acid groups (broad SMARTS) is 1. The number of benzene rings is 2. The summed E-state index contributed by atoms with van der Waals surface area (Å²) in [5, 5.41) is 12.0. The second-order valence-electron chi connectivity index (χ2n) is 8.41. The van der Waals surface area contributed by atoms with Crippen molar-refractivity contribution < 1.29 is 37.8 Å². The molecule has 3 rings (SSSR count). The summed E-state index contributed by atoms with van der Waals surface area (Å²) >= 11 is 0. The Labute approximate surface area is 210 Å². The molecule has 0 aromatic heterocycles. The number of ether oxygens (including phenoxy) is 1. The van der Waals surface area contributed by atoms with Crippen LogP contribution in [0.5, 0.6) is 0 Å². The molecule has 2 unspecified atom stereocenters. The van der Waals surface area contributed by atoms with Crippen LogP contribution in [-0.2, 0) is 41.0 Å². The number of aliphatic carboxylic acids is 1.